The van der Waals surface area contributed by atoms with E-state index in [1.54, 1.807) is 24.3 Å². The number of methoxy groups -OCH3 is 1. The minimum Gasteiger partial charge on any atom is -0.465 e. The van der Waals surface area contributed by atoms with Crippen molar-refractivity contribution in [2.75, 3.05) is 12.4 Å². The lowest BCUT2D eigenvalue weighted by Crippen LogP contribution is -2.16. The monoisotopic (exact) mass is 323 g/mol. The molecule has 0 aliphatic heterocycles. The molecule has 0 radical (unpaired) electrons. The number of imidazole rings is 1. The average molecular weight is 323 g/mol. The van der Waals surface area contributed by atoms with Crippen molar-refractivity contribution in [2.24, 2.45) is 0 Å². The molecule has 24 heavy (non-hydrogen) atoms. The van der Waals surface area contributed by atoms with Crippen LogP contribution in [0.4, 0.5) is 5.95 Å². The van der Waals surface area contributed by atoms with E-state index in [2.05, 4.69) is 15.0 Å². The van der Waals surface area contributed by atoms with Crippen LogP contribution >= 0.6 is 0 Å². The number of rotatable bonds is 4. The number of hydrogen-bond donors (Lipinski definition) is 1. The first-order valence-electron chi connectivity index (χ1n) is 7.59. The summed E-state index contributed by atoms with van der Waals surface area (Å²) < 4.78 is 6.58. The molecule has 3 aromatic rings. The summed E-state index contributed by atoms with van der Waals surface area (Å²) in [5.41, 5.74) is 2.64. The molecule has 0 saturated carbocycles. The number of carbonyl (C=O) groups excluding carboxylic acids is 2. The minimum atomic E-state index is -0.435. The third kappa shape index (κ3) is 2.86. The van der Waals surface area contributed by atoms with Crippen LogP contribution in [0.2, 0.25) is 0 Å². The maximum atomic E-state index is 12.4. The van der Waals surface area contributed by atoms with Crippen molar-refractivity contribution >= 4 is 28.9 Å². The maximum Gasteiger partial charge on any atom is 0.337 e. The number of aromatic nitrogens is 2. The van der Waals surface area contributed by atoms with Crippen molar-refractivity contribution in [3.63, 3.8) is 0 Å². The second-order valence-corrected chi connectivity index (χ2v) is 5.19. The summed E-state index contributed by atoms with van der Waals surface area (Å²) in [7, 11) is 1.32. The van der Waals surface area contributed by atoms with E-state index in [-0.39, 0.29) is 5.91 Å². The van der Waals surface area contributed by atoms with Gasteiger partial charge in [0.25, 0.3) is 5.91 Å². The fourth-order valence-corrected chi connectivity index (χ4v) is 2.54. The van der Waals surface area contributed by atoms with Gasteiger partial charge in [-0.3, -0.25) is 10.1 Å². The van der Waals surface area contributed by atoms with E-state index in [0.29, 0.717) is 23.6 Å². The minimum absolute atomic E-state index is 0.281. The highest BCUT2D eigenvalue weighted by atomic mass is 16.5. The number of amides is 1. The van der Waals surface area contributed by atoms with Crippen LogP contribution in [0.1, 0.15) is 27.6 Å². The molecule has 6 heteroatoms. The van der Waals surface area contributed by atoms with Crippen LogP contribution in [0, 0.1) is 0 Å². The molecule has 2 aromatic carbocycles. The van der Waals surface area contributed by atoms with Crippen LogP contribution in [-0.4, -0.2) is 28.5 Å². The first kappa shape index (κ1) is 15.7. The van der Waals surface area contributed by atoms with E-state index in [1.807, 2.05) is 35.8 Å². The Morgan fingerprint density at radius 1 is 1.08 bits per heavy atom. The molecular weight excluding hydrogens is 306 g/mol. The summed E-state index contributed by atoms with van der Waals surface area (Å²) in [5.74, 6) is -0.216. The zero-order chi connectivity index (χ0) is 17.1. The molecule has 122 valence electrons. The van der Waals surface area contributed by atoms with Crippen molar-refractivity contribution < 1.29 is 14.3 Å². The lowest BCUT2D eigenvalue weighted by atomic mass is 10.1. The molecule has 0 aliphatic carbocycles. The van der Waals surface area contributed by atoms with Crippen molar-refractivity contribution in [1.82, 2.24) is 9.55 Å². The van der Waals surface area contributed by atoms with Gasteiger partial charge >= 0.3 is 5.97 Å². The first-order chi connectivity index (χ1) is 11.6. The Morgan fingerprint density at radius 2 is 1.75 bits per heavy atom. The van der Waals surface area contributed by atoms with Crippen molar-refractivity contribution in [3.05, 3.63) is 59.7 Å². The quantitative estimate of drug-likeness (QED) is 0.749. The van der Waals surface area contributed by atoms with E-state index >= 15 is 0 Å². The number of fused-ring (bicyclic) bond motifs is 1. The van der Waals surface area contributed by atoms with Crippen LogP contribution in [0.25, 0.3) is 11.0 Å². The smallest absolute Gasteiger partial charge is 0.337 e. The van der Waals surface area contributed by atoms with Gasteiger partial charge in [-0.25, -0.2) is 9.78 Å². The van der Waals surface area contributed by atoms with Gasteiger partial charge in [0.05, 0.1) is 23.7 Å². The SMILES string of the molecule is CCn1c(NC(=O)c2ccc(C(=O)OC)cc2)nc2ccccc21. The molecule has 1 N–H and O–H groups in total. The topological polar surface area (TPSA) is 73.2 Å². The molecule has 0 bridgehead atoms. The molecule has 0 fully saturated rings. The highest BCUT2D eigenvalue weighted by Crippen LogP contribution is 2.20. The van der Waals surface area contributed by atoms with Crippen LogP contribution in [0.3, 0.4) is 0 Å². The van der Waals surface area contributed by atoms with Crippen molar-refractivity contribution in [3.8, 4) is 0 Å². The summed E-state index contributed by atoms with van der Waals surface area (Å²) >= 11 is 0. The molecule has 1 amide bonds. The van der Waals surface area contributed by atoms with Crippen LogP contribution < -0.4 is 5.32 Å². The molecule has 0 atom stereocenters. The summed E-state index contributed by atoms with van der Waals surface area (Å²) in [4.78, 5) is 28.3. The van der Waals surface area contributed by atoms with Crippen LogP contribution in [0.5, 0.6) is 0 Å². The third-order valence-electron chi connectivity index (χ3n) is 3.76. The number of aryl methyl sites for hydroxylation is 1. The largest absolute Gasteiger partial charge is 0.465 e. The lowest BCUT2D eigenvalue weighted by Gasteiger charge is -2.08. The second-order valence-electron chi connectivity index (χ2n) is 5.19. The Labute approximate surface area is 139 Å². The van der Waals surface area contributed by atoms with E-state index in [0.717, 1.165) is 11.0 Å². The molecule has 0 aliphatic rings. The number of carbonyl (C=O) groups is 2. The third-order valence-corrected chi connectivity index (χ3v) is 3.76. The number of esters is 1. The summed E-state index contributed by atoms with van der Waals surface area (Å²) in [5, 5.41) is 2.83. The molecule has 0 spiro atoms. The van der Waals surface area contributed by atoms with Gasteiger partial charge in [0.15, 0.2) is 0 Å². The van der Waals surface area contributed by atoms with Gasteiger partial charge in [0, 0.05) is 12.1 Å². The fraction of sp³-hybridized carbons (Fsp3) is 0.167. The Balaban J connectivity index is 1.86. The summed E-state index contributed by atoms with van der Waals surface area (Å²) in [6, 6.07) is 14.0. The predicted molar refractivity (Wildman–Crippen MR) is 91.1 cm³/mol. The number of nitrogens with zero attached hydrogens (tertiary/aromatic N) is 2. The molecule has 6 nitrogen and oxygen atoms in total. The van der Waals surface area contributed by atoms with E-state index in [1.165, 1.54) is 7.11 Å². The first-order valence-corrected chi connectivity index (χ1v) is 7.59. The molecule has 1 heterocycles. The maximum absolute atomic E-state index is 12.4. The van der Waals surface area contributed by atoms with Gasteiger partial charge < -0.3 is 9.30 Å². The Bertz CT molecular complexity index is 898. The standard InChI is InChI=1S/C18H17N3O3/c1-3-21-15-7-5-4-6-14(15)19-18(21)20-16(22)12-8-10-13(11-9-12)17(23)24-2/h4-11H,3H2,1-2H3,(H,19,20,22). The fourth-order valence-electron chi connectivity index (χ4n) is 2.54. The van der Waals surface area contributed by atoms with Crippen molar-refractivity contribution in [2.45, 2.75) is 13.5 Å². The Kier molecular flexibility index (Phi) is 4.29. The predicted octanol–water partition coefficient (Wildman–Crippen LogP) is 3.10. The molecule has 1 aromatic heterocycles. The number of benzene rings is 2. The normalized spacial score (nSPS) is 10.6. The van der Waals surface area contributed by atoms with Gasteiger partial charge in [0.2, 0.25) is 5.95 Å². The van der Waals surface area contributed by atoms with Gasteiger partial charge in [-0.15, -0.1) is 0 Å². The zero-order valence-electron chi connectivity index (χ0n) is 13.4. The van der Waals surface area contributed by atoms with E-state index in [9.17, 15) is 9.59 Å². The van der Waals surface area contributed by atoms with E-state index < -0.39 is 5.97 Å². The highest BCUT2D eigenvalue weighted by Gasteiger charge is 2.14. The van der Waals surface area contributed by atoms with Crippen LogP contribution in [-0.2, 0) is 11.3 Å². The number of nitrogens with one attached hydrogen (secondary N) is 1. The lowest BCUT2D eigenvalue weighted by molar-refractivity contribution is 0.0600. The van der Waals surface area contributed by atoms with E-state index in [4.69, 9.17) is 0 Å². The van der Waals surface area contributed by atoms with Gasteiger partial charge in [-0.2, -0.15) is 0 Å². The number of anilines is 1. The molecular formula is C18H17N3O3. The van der Waals surface area contributed by atoms with Crippen molar-refractivity contribution in [1.29, 1.82) is 0 Å². The Hall–Kier alpha value is -3.15. The average Bonchev–Trinajstić information content (AvgIpc) is 2.98. The highest BCUT2D eigenvalue weighted by molar-refractivity contribution is 6.04. The van der Waals surface area contributed by atoms with Gasteiger partial charge in [0.1, 0.15) is 0 Å². The summed E-state index contributed by atoms with van der Waals surface area (Å²) in [6.07, 6.45) is 0. The zero-order valence-corrected chi connectivity index (χ0v) is 13.4. The number of ether oxygens (including phenoxy) is 1. The number of para-hydroxylation sites is 2. The van der Waals surface area contributed by atoms with Crippen LogP contribution in [0.15, 0.2) is 48.5 Å². The molecule has 0 saturated heterocycles. The van der Waals surface area contributed by atoms with Gasteiger partial charge in [-0.1, -0.05) is 12.1 Å². The Morgan fingerprint density at radius 3 is 2.42 bits per heavy atom. The molecule has 0 unspecified atom stereocenters. The summed E-state index contributed by atoms with van der Waals surface area (Å²) in [6.45, 7) is 2.69. The second kappa shape index (κ2) is 6.54. The van der Waals surface area contributed by atoms with Gasteiger partial charge in [-0.05, 0) is 43.3 Å². The molecule has 3 rings (SSSR count). The number of hydrogen-bond acceptors (Lipinski definition) is 4.